The Hall–Kier alpha value is -1.07. The van der Waals surface area contributed by atoms with Gasteiger partial charge in [0.2, 0.25) is 0 Å². The number of nitrogens with one attached hydrogen (secondary N) is 1. The number of rotatable bonds is 2. The topological polar surface area (TPSA) is 38.0 Å². The van der Waals surface area contributed by atoms with E-state index in [0.717, 1.165) is 5.69 Å². The van der Waals surface area contributed by atoms with Gasteiger partial charge in [0.15, 0.2) is 0 Å². The van der Waals surface area contributed by atoms with Crippen LogP contribution in [-0.2, 0) is 0 Å². The van der Waals surface area contributed by atoms with Gasteiger partial charge in [-0.2, -0.15) is 11.3 Å². The Balaban J connectivity index is 2.33. The van der Waals surface area contributed by atoms with E-state index in [4.69, 9.17) is 5.73 Å². The number of hydrogen-bond donors (Lipinski definition) is 2. The Morgan fingerprint density at radius 3 is 2.87 bits per heavy atom. The molecule has 0 amide bonds. The molecule has 78 valence electrons. The SMILES string of the molecule is Nc1cc(Br)c(F)cc1Nc1ccsc1. The normalized spacial score (nSPS) is 10.3. The molecule has 2 aromatic rings. The van der Waals surface area contributed by atoms with Crippen molar-refractivity contribution >= 4 is 44.3 Å². The van der Waals surface area contributed by atoms with Gasteiger partial charge in [-0.1, -0.05) is 0 Å². The molecular formula is C10H8BrFN2S. The van der Waals surface area contributed by atoms with Crippen LogP contribution in [0.15, 0.2) is 33.4 Å². The first-order valence-corrected chi connectivity index (χ1v) is 5.94. The quantitative estimate of drug-likeness (QED) is 0.820. The molecule has 0 aliphatic heterocycles. The Bertz CT molecular complexity index is 471. The molecule has 0 aliphatic rings. The minimum Gasteiger partial charge on any atom is -0.397 e. The smallest absolute Gasteiger partial charge is 0.139 e. The Morgan fingerprint density at radius 2 is 2.20 bits per heavy atom. The zero-order valence-corrected chi connectivity index (χ0v) is 10.0. The highest BCUT2D eigenvalue weighted by atomic mass is 79.9. The van der Waals surface area contributed by atoms with Gasteiger partial charge in [-0.25, -0.2) is 4.39 Å². The molecule has 3 N–H and O–H groups in total. The van der Waals surface area contributed by atoms with Crippen LogP contribution in [0.4, 0.5) is 21.5 Å². The summed E-state index contributed by atoms with van der Waals surface area (Å²) in [7, 11) is 0. The van der Waals surface area contributed by atoms with Gasteiger partial charge in [-0.05, 0) is 33.4 Å². The summed E-state index contributed by atoms with van der Waals surface area (Å²) < 4.78 is 13.6. The average Bonchev–Trinajstić information content (AvgIpc) is 2.67. The second-order valence-corrected chi connectivity index (χ2v) is 4.62. The van der Waals surface area contributed by atoms with Gasteiger partial charge in [0.05, 0.1) is 15.8 Å². The van der Waals surface area contributed by atoms with E-state index >= 15 is 0 Å². The van der Waals surface area contributed by atoms with Crippen molar-refractivity contribution in [1.29, 1.82) is 0 Å². The van der Waals surface area contributed by atoms with E-state index in [1.165, 1.54) is 6.07 Å². The number of thiophene rings is 1. The number of hydrogen-bond acceptors (Lipinski definition) is 3. The molecule has 0 saturated carbocycles. The molecule has 0 spiro atoms. The molecule has 0 radical (unpaired) electrons. The lowest BCUT2D eigenvalue weighted by molar-refractivity contribution is 0.622. The Kier molecular flexibility index (Phi) is 2.93. The summed E-state index contributed by atoms with van der Waals surface area (Å²) in [5.74, 6) is -0.332. The summed E-state index contributed by atoms with van der Waals surface area (Å²) in [6.07, 6.45) is 0. The second kappa shape index (κ2) is 4.20. The molecule has 0 fully saturated rings. The molecule has 0 unspecified atom stereocenters. The van der Waals surface area contributed by atoms with Gasteiger partial charge in [0.25, 0.3) is 0 Å². The highest BCUT2D eigenvalue weighted by Crippen LogP contribution is 2.29. The molecular weight excluding hydrogens is 279 g/mol. The first-order chi connectivity index (χ1) is 7.16. The van der Waals surface area contributed by atoms with Crippen LogP contribution in [0.1, 0.15) is 0 Å². The average molecular weight is 287 g/mol. The summed E-state index contributed by atoms with van der Waals surface area (Å²) in [4.78, 5) is 0. The van der Waals surface area contributed by atoms with Gasteiger partial charge in [-0.3, -0.25) is 0 Å². The summed E-state index contributed by atoms with van der Waals surface area (Å²) in [6, 6.07) is 4.82. The van der Waals surface area contributed by atoms with Crippen LogP contribution in [0.5, 0.6) is 0 Å². The van der Waals surface area contributed by atoms with Crippen molar-refractivity contribution in [3.05, 3.63) is 39.2 Å². The van der Waals surface area contributed by atoms with Crippen LogP contribution in [0.2, 0.25) is 0 Å². The summed E-state index contributed by atoms with van der Waals surface area (Å²) in [5.41, 5.74) is 7.75. The van der Waals surface area contributed by atoms with Gasteiger partial charge in [0, 0.05) is 17.1 Å². The van der Waals surface area contributed by atoms with Crippen LogP contribution < -0.4 is 11.1 Å². The Morgan fingerprint density at radius 1 is 1.40 bits per heavy atom. The van der Waals surface area contributed by atoms with Gasteiger partial charge < -0.3 is 11.1 Å². The van der Waals surface area contributed by atoms with Crippen LogP contribution in [0.3, 0.4) is 0 Å². The van der Waals surface area contributed by atoms with Crippen molar-refractivity contribution in [2.24, 2.45) is 0 Å². The molecule has 2 nitrogen and oxygen atoms in total. The minimum atomic E-state index is -0.332. The lowest BCUT2D eigenvalue weighted by Gasteiger charge is -2.08. The Labute approximate surface area is 99.1 Å². The third-order valence-corrected chi connectivity index (χ3v) is 3.18. The largest absolute Gasteiger partial charge is 0.397 e. The monoisotopic (exact) mass is 286 g/mol. The summed E-state index contributed by atoms with van der Waals surface area (Å²) >= 11 is 4.64. The molecule has 0 bridgehead atoms. The highest BCUT2D eigenvalue weighted by molar-refractivity contribution is 9.10. The van der Waals surface area contributed by atoms with Gasteiger partial charge >= 0.3 is 0 Å². The van der Waals surface area contributed by atoms with E-state index in [2.05, 4.69) is 21.2 Å². The maximum absolute atomic E-state index is 13.2. The second-order valence-electron chi connectivity index (χ2n) is 2.99. The van der Waals surface area contributed by atoms with Crippen LogP contribution in [0.25, 0.3) is 0 Å². The summed E-state index contributed by atoms with van der Waals surface area (Å²) in [6.45, 7) is 0. The number of anilines is 3. The first-order valence-electron chi connectivity index (χ1n) is 4.20. The van der Waals surface area contributed by atoms with Crippen LogP contribution in [0, 0.1) is 5.82 Å². The molecule has 0 saturated heterocycles. The van der Waals surface area contributed by atoms with Crippen molar-refractivity contribution in [3.63, 3.8) is 0 Å². The molecule has 1 aromatic carbocycles. The highest BCUT2D eigenvalue weighted by Gasteiger charge is 2.06. The van der Waals surface area contributed by atoms with E-state index in [1.54, 1.807) is 17.4 Å². The lowest BCUT2D eigenvalue weighted by Crippen LogP contribution is -1.96. The predicted molar refractivity (Wildman–Crippen MR) is 66.1 cm³/mol. The number of nitrogens with two attached hydrogens (primary N) is 1. The maximum Gasteiger partial charge on any atom is 0.139 e. The fourth-order valence-corrected chi connectivity index (χ4v) is 2.11. The molecule has 15 heavy (non-hydrogen) atoms. The van der Waals surface area contributed by atoms with Crippen LogP contribution >= 0.6 is 27.3 Å². The standard InChI is InChI=1S/C10H8BrFN2S/c11-7-3-9(13)10(4-8(7)12)14-6-1-2-15-5-6/h1-5,14H,13H2. The van der Waals surface area contributed by atoms with Gasteiger partial charge in [0.1, 0.15) is 5.82 Å². The lowest BCUT2D eigenvalue weighted by atomic mass is 10.2. The van der Waals surface area contributed by atoms with E-state index in [0.29, 0.717) is 15.8 Å². The van der Waals surface area contributed by atoms with E-state index in [1.807, 2.05) is 16.8 Å². The molecule has 0 atom stereocenters. The predicted octanol–water partition coefficient (Wildman–Crippen LogP) is 3.98. The fraction of sp³-hybridized carbons (Fsp3) is 0. The zero-order chi connectivity index (χ0) is 10.8. The number of halogens is 2. The third kappa shape index (κ3) is 2.30. The van der Waals surface area contributed by atoms with E-state index in [9.17, 15) is 4.39 Å². The molecule has 5 heteroatoms. The maximum atomic E-state index is 13.2. The molecule has 1 aromatic heterocycles. The van der Waals surface area contributed by atoms with Crippen molar-refractivity contribution in [2.45, 2.75) is 0 Å². The van der Waals surface area contributed by atoms with E-state index < -0.39 is 0 Å². The molecule has 1 heterocycles. The third-order valence-electron chi connectivity index (χ3n) is 1.89. The first kappa shape index (κ1) is 10.4. The zero-order valence-electron chi connectivity index (χ0n) is 7.63. The summed E-state index contributed by atoms with van der Waals surface area (Å²) in [5, 5.41) is 6.91. The van der Waals surface area contributed by atoms with Crippen molar-refractivity contribution in [2.75, 3.05) is 11.1 Å². The number of nitrogen functional groups attached to an aromatic ring is 1. The van der Waals surface area contributed by atoms with Crippen LogP contribution in [-0.4, -0.2) is 0 Å². The fourth-order valence-electron chi connectivity index (χ4n) is 1.16. The minimum absolute atomic E-state index is 0.332. The van der Waals surface area contributed by atoms with Crippen molar-refractivity contribution < 1.29 is 4.39 Å². The molecule has 0 aliphatic carbocycles. The van der Waals surface area contributed by atoms with Gasteiger partial charge in [-0.15, -0.1) is 0 Å². The number of benzene rings is 1. The van der Waals surface area contributed by atoms with Crippen molar-refractivity contribution in [3.8, 4) is 0 Å². The van der Waals surface area contributed by atoms with Crippen molar-refractivity contribution in [1.82, 2.24) is 0 Å². The molecule has 2 rings (SSSR count). The van der Waals surface area contributed by atoms with E-state index in [-0.39, 0.29) is 5.82 Å².